The van der Waals surface area contributed by atoms with Gasteiger partial charge < -0.3 is 4.90 Å². The van der Waals surface area contributed by atoms with Crippen LogP contribution in [0.25, 0.3) is 5.70 Å². The number of para-hydroxylation sites is 1. The van der Waals surface area contributed by atoms with Gasteiger partial charge in [-0.25, -0.2) is 0 Å². The first-order valence-corrected chi connectivity index (χ1v) is 6.95. The van der Waals surface area contributed by atoms with Gasteiger partial charge in [-0.1, -0.05) is 48.7 Å². The van der Waals surface area contributed by atoms with Gasteiger partial charge in [0, 0.05) is 27.6 Å². The molecule has 0 saturated carbocycles. The topological polar surface area (TPSA) is 3.24 Å². The van der Waals surface area contributed by atoms with Gasteiger partial charge in [0.2, 0.25) is 0 Å². The summed E-state index contributed by atoms with van der Waals surface area (Å²) in [5.41, 5.74) is 3.58. The highest BCUT2D eigenvalue weighted by molar-refractivity contribution is 7.99. The van der Waals surface area contributed by atoms with Crippen LogP contribution < -0.4 is 4.90 Å². The Labute approximate surface area is 112 Å². The van der Waals surface area contributed by atoms with Crippen molar-refractivity contribution >= 4 is 23.1 Å². The largest absolute Gasteiger partial charge is 0.341 e. The first kappa shape index (κ1) is 11.4. The van der Waals surface area contributed by atoms with Gasteiger partial charge in [-0.15, -0.1) is 0 Å². The second kappa shape index (κ2) is 4.54. The maximum Gasteiger partial charge on any atom is 0.0552 e. The van der Waals surface area contributed by atoms with Crippen molar-refractivity contribution in [3.8, 4) is 0 Å². The molecule has 2 aromatic rings. The van der Waals surface area contributed by atoms with Crippen molar-refractivity contribution in [2.24, 2.45) is 0 Å². The van der Waals surface area contributed by atoms with Crippen LogP contribution in [0.1, 0.15) is 12.5 Å². The Morgan fingerprint density at radius 2 is 1.67 bits per heavy atom. The molecule has 0 amide bonds. The maximum atomic E-state index is 4.28. The van der Waals surface area contributed by atoms with E-state index in [0.717, 1.165) is 12.2 Å². The lowest BCUT2D eigenvalue weighted by atomic mass is 10.1. The predicted octanol–water partition coefficient (Wildman–Crippen LogP) is 4.65. The average Bonchev–Trinajstić information content (AvgIpc) is 2.53. The zero-order valence-electron chi connectivity index (χ0n) is 10.4. The van der Waals surface area contributed by atoms with Gasteiger partial charge in [0.15, 0.2) is 0 Å². The Bertz CT molecular complexity index is 604. The summed E-state index contributed by atoms with van der Waals surface area (Å²) >= 11 is 1.82. The van der Waals surface area contributed by atoms with E-state index in [0.29, 0.717) is 0 Å². The quantitative estimate of drug-likeness (QED) is 0.728. The van der Waals surface area contributed by atoms with E-state index in [2.05, 4.69) is 66.9 Å². The van der Waals surface area contributed by atoms with E-state index in [4.69, 9.17) is 0 Å². The molecule has 0 aliphatic carbocycles. The maximum absolute atomic E-state index is 4.28. The van der Waals surface area contributed by atoms with E-state index in [1.54, 1.807) is 0 Å². The van der Waals surface area contributed by atoms with Crippen molar-refractivity contribution in [3.63, 3.8) is 0 Å². The van der Waals surface area contributed by atoms with Crippen LogP contribution in [0, 0.1) is 0 Å². The minimum absolute atomic E-state index is 0.935. The number of benzene rings is 2. The summed E-state index contributed by atoms with van der Waals surface area (Å²) in [5, 5.41) is 0. The predicted molar refractivity (Wildman–Crippen MR) is 79.1 cm³/mol. The Morgan fingerprint density at radius 3 is 2.44 bits per heavy atom. The standard InChI is InChI=1S/C16H15NS/c1-3-17-12(2)13-8-4-6-10-15(13)18-16-11-7-5-9-14(16)17/h4-11H,2-3H2,1H3. The van der Waals surface area contributed by atoms with E-state index in [1.807, 2.05) is 11.8 Å². The van der Waals surface area contributed by atoms with Crippen LogP contribution in [0.5, 0.6) is 0 Å². The molecule has 1 aliphatic heterocycles. The summed E-state index contributed by atoms with van der Waals surface area (Å²) in [5.74, 6) is 0. The van der Waals surface area contributed by atoms with Crippen molar-refractivity contribution in [1.29, 1.82) is 0 Å². The zero-order chi connectivity index (χ0) is 12.5. The number of hydrogen-bond acceptors (Lipinski definition) is 2. The van der Waals surface area contributed by atoms with E-state index < -0.39 is 0 Å². The van der Waals surface area contributed by atoms with Gasteiger partial charge in [0.1, 0.15) is 0 Å². The molecule has 0 N–H and O–H groups in total. The highest BCUT2D eigenvalue weighted by atomic mass is 32.2. The normalized spacial score (nSPS) is 13.8. The van der Waals surface area contributed by atoms with Crippen LogP contribution in [0.15, 0.2) is 64.9 Å². The first-order chi connectivity index (χ1) is 8.81. The zero-order valence-corrected chi connectivity index (χ0v) is 11.2. The molecule has 90 valence electrons. The van der Waals surface area contributed by atoms with E-state index in [-0.39, 0.29) is 0 Å². The monoisotopic (exact) mass is 253 g/mol. The Balaban J connectivity index is 2.23. The minimum atomic E-state index is 0.935. The van der Waals surface area contributed by atoms with Gasteiger partial charge in [-0.2, -0.15) is 0 Å². The van der Waals surface area contributed by atoms with Crippen LogP contribution in [0.3, 0.4) is 0 Å². The van der Waals surface area contributed by atoms with Crippen molar-refractivity contribution in [1.82, 2.24) is 0 Å². The number of rotatable bonds is 1. The lowest BCUT2D eigenvalue weighted by Gasteiger charge is -2.25. The average molecular weight is 253 g/mol. The third kappa shape index (κ3) is 1.73. The molecule has 2 heteroatoms. The van der Waals surface area contributed by atoms with Crippen molar-refractivity contribution in [2.45, 2.75) is 16.7 Å². The summed E-state index contributed by atoms with van der Waals surface area (Å²) in [6.07, 6.45) is 0. The molecule has 0 unspecified atom stereocenters. The SMILES string of the molecule is C=C1c2ccccc2Sc2ccccc2N1CC. The van der Waals surface area contributed by atoms with Gasteiger partial charge in [0.05, 0.1) is 5.69 Å². The Kier molecular flexibility index (Phi) is 2.88. The molecule has 0 atom stereocenters. The molecular formula is C16H15NS. The third-order valence-corrected chi connectivity index (χ3v) is 4.36. The van der Waals surface area contributed by atoms with Crippen molar-refractivity contribution in [2.75, 3.05) is 11.4 Å². The molecule has 0 spiro atoms. The summed E-state index contributed by atoms with van der Waals surface area (Å²) in [7, 11) is 0. The molecule has 0 bridgehead atoms. The molecule has 2 aromatic carbocycles. The molecule has 0 fully saturated rings. The minimum Gasteiger partial charge on any atom is -0.341 e. The number of hydrogen-bond donors (Lipinski definition) is 0. The fraction of sp³-hybridized carbons (Fsp3) is 0.125. The lowest BCUT2D eigenvalue weighted by molar-refractivity contribution is 1.02. The molecule has 0 aromatic heterocycles. The number of fused-ring (bicyclic) bond motifs is 2. The third-order valence-electron chi connectivity index (χ3n) is 3.22. The summed E-state index contributed by atoms with van der Waals surface area (Å²) in [4.78, 5) is 4.87. The lowest BCUT2D eigenvalue weighted by Crippen LogP contribution is -2.19. The summed E-state index contributed by atoms with van der Waals surface area (Å²) in [6.45, 7) is 7.38. The summed E-state index contributed by atoms with van der Waals surface area (Å²) < 4.78 is 0. The van der Waals surface area contributed by atoms with E-state index >= 15 is 0 Å². The Hall–Kier alpha value is -1.67. The second-order valence-electron chi connectivity index (χ2n) is 4.26. The van der Waals surface area contributed by atoms with Crippen molar-refractivity contribution in [3.05, 3.63) is 60.7 Å². The molecule has 0 radical (unpaired) electrons. The van der Waals surface area contributed by atoms with Crippen molar-refractivity contribution < 1.29 is 0 Å². The van der Waals surface area contributed by atoms with Gasteiger partial charge >= 0.3 is 0 Å². The van der Waals surface area contributed by atoms with Crippen LogP contribution in [0.4, 0.5) is 5.69 Å². The van der Waals surface area contributed by atoms with Crippen LogP contribution in [-0.4, -0.2) is 6.54 Å². The fourth-order valence-corrected chi connectivity index (χ4v) is 3.44. The van der Waals surface area contributed by atoms with Gasteiger partial charge in [-0.3, -0.25) is 0 Å². The molecule has 0 saturated heterocycles. The fourth-order valence-electron chi connectivity index (χ4n) is 2.33. The van der Waals surface area contributed by atoms with Crippen LogP contribution in [0.2, 0.25) is 0 Å². The van der Waals surface area contributed by atoms with Gasteiger partial charge in [-0.05, 0) is 25.1 Å². The van der Waals surface area contributed by atoms with Crippen LogP contribution in [-0.2, 0) is 0 Å². The molecular weight excluding hydrogens is 238 g/mol. The Morgan fingerprint density at radius 1 is 1.00 bits per heavy atom. The number of nitrogens with zero attached hydrogens (tertiary/aromatic N) is 1. The smallest absolute Gasteiger partial charge is 0.0552 e. The highest BCUT2D eigenvalue weighted by Crippen LogP contribution is 2.44. The highest BCUT2D eigenvalue weighted by Gasteiger charge is 2.21. The second-order valence-corrected chi connectivity index (χ2v) is 5.34. The van der Waals surface area contributed by atoms with Crippen LogP contribution >= 0.6 is 11.8 Å². The summed E-state index contributed by atoms with van der Waals surface area (Å²) in [6, 6.07) is 17.0. The molecule has 1 heterocycles. The first-order valence-electron chi connectivity index (χ1n) is 6.14. The molecule has 3 rings (SSSR count). The van der Waals surface area contributed by atoms with Gasteiger partial charge in [0.25, 0.3) is 0 Å². The molecule has 1 aliphatic rings. The number of anilines is 1. The molecule has 18 heavy (non-hydrogen) atoms. The van der Waals surface area contributed by atoms with E-state index in [1.165, 1.54) is 21.0 Å². The van der Waals surface area contributed by atoms with E-state index in [9.17, 15) is 0 Å². The molecule has 1 nitrogen and oxygen atoms in total.